The maximum atomic E-state index is 6.70. The SMILES string of the molecule is C=C=[C-]O[C@@H]1CC[C@H](O[Si](C)(C)C(C)(C)C)[C@@H](CO[Si](C)(C)C(C)(C)C)O1.[Li+]. The molecule has 158 valence electrons. The van der Waals surface area contributed by atoms with Gasteiger partial charge in [-0.25, -0.2) is 6.58 Å². The quantitative estimate of drug-likeness (QED) is 0.275. The minimum Gasteiger partial charge on any atom is -0.562 e. The summed E-state index contributed by atoms with van der Waals surface area (Å²) in [6, 6.07) is 0. The Balaban J connectivity index is 0.00000729. The zero-order valence-electron chi connectivity index (χ0n) is 20.2. The first kappa shape index (κ1) is 28.2. The molecular weight excluding hydrogens is 379 g/mol. The molecule has 0 radical (unpaired) electrons. The second kappa shape index (κ2) is 10.5. The molecule has 0 aromatic rings. The van der Waals surface area contributed by atoms with E-state index in [1.54, 1.807) is 0 Å². The fourth-order valence-corrected chi connectivity index (χ4v) is 4.77. The molecule has 0 spiro atoms. The second-order valence-electron chi connectivity index (χ2n) is 10.6. The minimum atomic E-state index is -1.90. The molecular formula is C21H41LiO4Si2. The Morgan fingerprint density at radius 1 is 1.00 bits per heavy atom. The molecule has 1 heterocycles. The van der Waals surface area contributed by atoms with Crippen LogP contribution in [0.4, 0.5) is 0 Å². The van der Waals surface area contributed by atoms with Gasteiger partial charge in [0.25, 0.3) is 0 Å². The summed E-state index contributed by atoms with van der Waals surface area (Å²) in [5.41, 5.74) is 2.52. The van der Waals surface area contributed by atoms with E-state index in [1.807, 2.05) is 0 Å². The van der Waals surface area contributed by atoms with Crippen molar-refractivity contribution in [2.75, 3.05) is 6.61 Å². The number of hydrogen-bond donors (Lipinski definition) is 0. The van der Waals surface area contributed by atoms with Gasteiger partial charge in [-0.1, -0.05) is 41.5 Å². The van der Waals surface area contributed by atoms with Crippen molar-refractivity contribution in [1.82, 2.24) is 0 Å². The van der Waals surface area contributed by atoms with Crippen LogP contribution in [0, 0.1) is 6.26 Å². The van der Waals surface area contributed by atoms with E-state index >= 15 is 0 Å². The standard InChI is InChI=1S/C21H41O4Si2.Li/c1-12-15-22-19-14-13-17(25-27(10,11)21(5,6)7)18(24-19)16-23-26(8,9)20(2,3)4;/h17-19H,1,13-14,16H2,2-11H3;/q-1;+1/t17-,18+,19-;/m0./s1. The number of hydrogen-bond acceptors (Lipinski definition) is 4. The third-order valence-electron chi connectivity index (χ3n) is 6.36. The first-order valence-electron chi connectivity index (χ1n) is 10.0. The summed E-state index contributed by atoms with van der Waals surface area (Å²) in [6.07, 6.45) is 3.78. The zero-order valence-corrected chi connectivity index (χ0v) is 22.2. The molecule has 0 aromatic heterocycles. The maximum absolute atomic E-state index is 6.70. The van der Waals surface area contributed by atoms with Gasteiger partial charge in [0.15, 0.2) is 22.9 Å². The molecule has 0 amide bonds. The van der Waals surface area contributed by atoms with Gasteiger partial charge in [-0.15, -0.1) is 0 Å². The molecule has 0 aliphatic carbocycles. The van der Waals surface area contributed by atoms with Crippen LogP contribution in [-0.4, -0.2) is 41.7 Å². The average molecular weight is 421 g/mol. The van der Waals surface area contributed by atoms with Gasteiger partial charge < -0.3 is 18.3 Å². The topological polar surface area (TPSA) is 36.9 Å². The largest absolute Gasteiger partial charge is 1.00 e. The molecule has 1 rings (SSSR count). The van der Waals surface area contributed by atoms with E-state index in [1.165, 1.54) is 0 Å². The van der Waals surface area contributed by atoms with E-state index in [0.29, 0.717) is 6.61 Å². The molecule has 1 fully saturated rings. The first-order chi connectivity index (χ1) is 12.1. The molecule has 3 atom stereocenters. The van der Waals surface area contributed by atoms with Crippen LogP contribution in [0.3, 0.4) is 0 Å². The van der Waals surface area contributed by atoms with Gasteiger partial charge in [0.2, 0.25) is 0 Å². The van der Waals surface area contributed by atoms with Gasteiger partial charge in [-0.2, -0.15) is 0 Å². The van der Waals surface area contributed by atoms with Crippen molar-refractivity contribution >= 4 is 16.6 Å². The zero-order chi connectivity index (χ0) is 21.1. The second-order valence-corrected chi connectivity index (χ2v) is 20.1. The molecule has 0 saturated carbocycles. The van der Waals surface area contributed by atoms with Crippen LogP contribution in [0.15, 0.2) is 12.3 Å². The summed E-state index contributed by atoms with van der Waals surface area (Å²) in [7, 11) is -3.76. The molecule has 0 N–H and O–H groups in total. The Morgan fingerprint density at radius 2 is 1.54 bits per heavy atom. The molecule has 0 unspecified atom stereocenters. The molecule has 0 aromatic carbocycles. The van der Waals surface area contributed by atoms with Gasteiger partial charge in [0.05, 0.1) is 12.7 Å². The van der Waals surface area contributed by atoms with Crippen molar-refractivity contribution < 1.29 is 37.2 Å². The van der Waals surface area contributed by atoms with E-state index in [2.05, 4.69) is 86.3 Å². The van der Waals surface area contributed by atoms with Crippen LogP contribution in [0.1, 0.15) is 54.4 Å². The Labute approximate surface area is 187 Å². The summed E-state index contributed by atoms with van der Waals surface area (Å²) >= 11 is 0. The van der Waals surface area contributed by atoms with E-state index in [0.717, 1.165) is 12.8 Å². The number of rotatable bonds is 7. The van der Waals surface area contributed by atoms with E-state index < -0.39 is 16.6 Å². The molecule has 1 aliphatic rings. The fourth-order valence-electron chi connectivity index (χ4n) is 2.37. The molecule has 7 heteroatoms. The van der Waals surface area contributed by atoms with Crippen LogP contribution in [0.2, 0.25) is 36.3 Å². The predicted octanol–water partition coefficient (Wildman–Crippen LogP) is 3.03. The van der Waals surface area contributed by atoms with Crippen LogP contribution in [0.25, 0.3) is 0 Å². The molecule has 28 heavy (non-hydrogen) atoms. The van der Waals surface area contributed by atoms with Gasteiger partial charge in [0.1, 0.15) is 6.10 Å². The van der Waals surface area contributed by atoms with Crippen LogP contribution in [0.5, 0.6) is 0 Å². The van der Waals surface area contributed by atoms with Crippen molar-refractivity contribution in [2.24, 2.45) is 0 Å². The minimum absolute atomic E-state index is 0. The van der Waals surface area contributed by atoms with Gasteiger partial charge in [-0.05, 0) is 48.9 Å². The summed E-state index contributed by atoms with van der Waals surface area (Å²) < 4.78 is 24.8. The molecule has 4 nitrogen and oxygen atoms in total. The third-order valence-corrected chi connectivity index (χ3v) is 15.4. The number of ether oxygens (including phenoxy) is 2. The summed E-state index contributed by atoms with van der Waals surface area (Å²) in [5.74, 6) is 0. The first-order valence-corrected chi connectivity index (χ1v) is 15.8. The van der Waals surface area contributed by atoms with Crippen molar-refractivity contribution in [3.8, 4) is 0 Å². The summed E-state index contributed by atoms with van der Waals surface area (Å²) in [5, 5.41) is 0.317. The van der Waals surface area contributed by atoms with Crippen molar-refractivity contribution in [3.05, 3.63) is 18.6 Å². The predicted molar refractivity (Wildman–Crippen MR) is 117 cm³/mol. The van der Waals surface area contributed by atoms with Crippen molar-refractivity contribution in [3.63, 3.8) is 0 Å². The third kappa shape index (κ3) is 7.81. The van der Waals surface area contributed by atoms with Crippen LogP contribution >= 0.6 is 0 Å². The van der Waals surface area contributed by atoms with Gasteiger partial charge in [-0.3, -0.25) is 5.73 Å². The van der Waals surface area contributed by atoms with Crippen molar-refractivity contribution in [2.45, 2.75) is 109 Å². The van der Waals surface area contributed by atoms with Crippen LogP contribution in [-0.2, 0) is 18.3 Å². The Kier molecular flexibility index (Phi) is 10.6. The van der Waals surface area contributed by atoms with E-state index in [4.69, 9.17) is 18.3 Å². The average Bonchev–Trinajstić information content (AvgIpc) is 2.50. The van der Waals surface area contributed by atoms with Gasteiger partial charge in [0, 0.05) is 6.42 Å². The summed E-state index contributed by atoms with van der Waals surface area (Å²) in [4.78, 5) is 0. The Morgan fingerprint density at radius 3 is 2.00 bits per heavy atom. The van der Waals surface area contributed by atoms with Crippen LogP contribution < -0.4 is 18.9 Å². The van der Waals surface area contributed by atoms with E-state index in [-0.39, 0.29) is 47.4 Å². The van der Waals surface area contributed by atoms with Crippen molar-refractivity contribution in [1.29, 1.82) is 0 Å². The smallest absolute Gasteiger partial charge is 0.562 e. The molecule has 1 aliphatic heterocycles. The fraction of sp³-hybridized carbons (Fsp3) is 0.857. The monoisotopic (exact) mass is 420 g/mol. The van der Waals surface area contributed by atoms with Gasteiger partial charge >= 0.3 is 18.9 Å². The molecule has 1 saturated heterocycles. The summed E-state index contributed by atoms with van der Waals surface area (Å²) in [6.45, 7) is 26.7. The maximum Gasteiger partial charge on any atom is 1.00 e. The molecule has 0 bridgehead atoms. The Hall–Kier alpha value is 0.231. The Bertz CT molecular complexity index is 532. The normalized spacial score (nSPS) is 24.1. The van der Waals surface area contributed by atoms with E-state index in [9.17, 15) is 0 Å².